The molecule has 0 spiro atoms. The number of benzene rings is 1. The Balaban J connectivity index is 1.98. The fraction of sp³-hybridized carbons (Fsp3) is 0.524. The first-order valence-electron chi connectivity index (χ1n) is 9.91. The lowest BCUT2D eigenvalue weighted by Gasteiger charge is -2.32. The Labute approximate surface area is 171 Å². The molecule has 8 nitrogen and oxygen atoms in total. The van der Waals surface area contributed by atoms with Gasteiger partial charge in [-0.2, -0.15) is 0 Å². The van der Waals surface area contributed by atoms with Crippen molar-refractivity contribution in [2.75, 3.05) is 41.0 Å². The van der Waals surface area contributed by atoms with Gasteiger partial charge < -0.3 is 29.7 Å². The van der Waals surface area contributed by atoms with Gasteiger partial charge in [0.25, 0.3) is 0 Å². The van der Waals surface area contributed by atoms with Crippen molar-refractivity contribution in [3.8, 4) is 11.5 Å². The molecule has 8 heteroatoms. The molecule has 2 heterocycles. The van der Waals surface area contributed by atoms with E-state index in [1.165, 1.54) is 12.0 Å². The first-order chi connectivity index (χ1) is 14.0. The standard InChI is InChI=1S/C21H29N3O5/c1-13-7-9-24(10-8-13)12-15-18(20(25)29-4)19(23-21(26)22-15)14-5-6-16(27-2)17(11-14)28-3/h5-6,11,13,19H,7-10,12H2,1-4H3,(H2,22,23,26)/p+1/t19-/m0/s1. The minimum absolute atomic E-state index is 0.336. The number of methoxy groups -OCH3 is 3. The van der Waals surface area contributed by atoms with E-state index in [1.54, 1.807) is 26.4 Å². The number of hydrogen-bond acceptors (Lipinski definition) is 5. The van der Waals surface area contributed by atoms with Gasteiger partial charge in [-0.3, -0.25) is 0 Å². The van der Waals surface area contributed by atoms with E-state index in [0.29, 0.717) is 29.3 Å². The van der Waals surface area contributed by atoms with Crippen molar-refractivity contribution in [2.24, 2.45) is 5.92 Å². The van der Waals surface area contributed by atoms with Gasteiger partial charge in [-0.05, 0) is 36.5 Å². The Morgan fingerprint density at radius 2 is 1.83 bits per heavy atom. The van der Waals surface area contributed by atoms with E-state index in [4.69, 9.17) is 14.2 Å². The van der Waals surface area contributed by atoms with Crippen LogP contribution >= 0.6 is 0 Å². The zero-order valence-corrected chi connectivity index (χ0v) is 17.5. The van der Waals surface area contributed by atoms with Crippen molar-refractivity contribution >= 4 is 12.0 Å². The van der Waals surface area contributed by atoms with Crippen LogP contribution < -0.4 is 25.0 Å². The van der Waals surface area contributed by atoms with E-state index in [1.807, 2.05) is 6.07 Å². The number of urea groups is 1. The molecule has 1 aromatic rings. The number of rotatable bonds is 6. The molecule has 29 heavy (non-hydrogen) atoms. The number of ether oxygens (including phenoxy) is 3. The van der Waals surface area contributed by atoms with Gasteiger partial charge in [0.05, 0.1) is 51.7 Å². The van der Waals surface area contributed by atoms with Crippen LogP contribution in [0, 0.1) is 5.92 Å². The molecule has 1 aromatic carbocycles. The zero-order chi connectivity index (χ0) is 21.0. The molecule has 0 aromatic heterocycles. The lowest BCUT2D eigenvalue weighted by molar-refractivity contribution is -0.901. The monoisotopic (exact) mass is 404 g/mol. The van der Waals surface area contributed by atoms with Crippen molar-refractivity contribution in [2.45, 2.75) is 25.8 Å². The molecule has 0 bridgehead atoms. The molecular formula is C21H30N3O5+. The van der Waals surface area contributed by atoms with E-state index in [2.05, 4.69) is 17.6 Å². The van der Waals surface area contributed by atoms with Gasteiger partial charge in [-0.15, -0.1) is 0 Å². The number of carbonyl (C=O) groups excluding carboxylic acids is 2. The molecule has 1 fully saturated rings. The smallest absolute Gasteiger partial charge is 0.338 e. The van der Waals surface area contributed by atoms with E-state index in [0.717, 1.165) is 37.4 Å². The van der Waals surface area contributed by atoms with E-state index in [9.17, 15) is 9.59 Å². The maximum absolute atomic E-state index is 12.7. The second-order valence-electron chi connectivity index (χ2n) is 7.64. The minimum atomic E-state index is -0.630. The van der Waals surface area contributed by atoms with Crippen LogP contribution in [0.1, 0.15) is 31.4 Å². The second kappa shape index (κ2) is 9.17. The summed E-state index contributed by atoms with van der Waals surface area (Å²) in [6.45, 7) is 4.87. The lowest BCUT2D eigenvalue weighted by Crippen LogP contribution is -3.13. The molecule has 3 rings (SSSR count). The van der Waals surface area contributed by atoms with Gasteiger partial charge in [0, 0.05) is 0 Å². The summed E-state index contributed by atoms with van der Waals surface area (Å²) in [5, 5.41) is 5.69. The van der Waals surface area contributed by atoms with Crippen molar-refractivity contribution in [3.05, 3.63) is 35.0 Å². The van der Waals surface area contributed by atoms with Crippen molar-refractivity contribution < 1.29 is 28.7 Å². The number of quaternary nitrogens is 1. The molecule has 1 saturated heterocycles. The molecular weight excluding hydrogens is 374 g/mol. The van der Waals surface area contributed by atoms with Gasteiger partial charge >= 0.3 is 12.0 Å². The fourth-order valence-electron chi connectivity index (χ4n) is 3.99. The molecule has 2 aliphatic rings. The highest BCUT2D eigenvalue weighted by atomic mass is 16.5. The Hall–Kier alpha value is -2.74. The van der Waals surface area contributed by atoms with Crippen molar-refractivity contribution in [3.63, 3.8) is 0 Å². The summed E-state index contributed by atoms with van der Waals surface area (Å²) in [4.78, 5) is 26.5. The summed E-state index contributed by atoms with van der Waals surface area (Å²) in [6.07, 6.45) is 2.28. The quantitative estimate of drug-likeness (QED) is 0.611. The number of nitrogens with one attached hydrogen (secondary N) is 3. The summed E-state index contributed by atoms with van der Waals surface area (Å²) in [6, 6.07) is 4.37. The lowest BCUT2D eigenvalue weighted by atomic mass is 9.94. The summed E-state index contributed by atoms with van der Waals surface area (Å²) in [5.41, 5.74) is 1.76. The molecule has 0 saturated carbocycles. The maximum atomic E-state index is 12.7. The molecule has 158 valence electrons. The Kier molecular flexibility index (Phi) is 6.64. The molecule has 0 unspecified atom stereocenters. The van der Waals surface area contributed by atoms with Crippen molar-refractivity contribution in [1.29, 1.82) is 0 Å². The van der Waals surface area contributed by atoms with Crippen LogP contribution in [0.5, 0.6) is 11.5 Å². The first kappa shape index (κ1) is 21.0. The van der Waals surface area contributed by atoms with Crippen molar-refractivity contribution in [1.82, 2.24) is 10.6 Å². The predicted molar refractivity (Wildman–Crippen MR) is 107 cm³/mol. The molecule has 0 radical (unpaired) electrons. The van der Waals surface area contributed by atoms with Crippen LogP contribution in [0.4, 0.5) is 4.79 Å². The third-order valence-corrected chi connectivity index (χ3v) is 5.71. The highest BCUT2D eigenvalue weighted by Gasteiger charge is 2.36. The average molecular weight is 404 g/mol. The van der Waals surface area contributed by atoms with E-state index in [-0.39, 0.29) is 6.03 Å². The Morgan fingerprint density at radius 1 is 1.14 bits per heavy atom. The topological polar surface area (TPSA) is 90.3 Å². The van der Waals surface area contributed by atoms with Gasteiger partial charge in [0.15, 0.2) is 11.5 Å². The normalized spacial score (nSPS) is 24.4. The maximum Gasteiger partial charge on any atom is 0.338 e. The molecule has 0 aliphatic carbocycles. The second-order valence-corrected chi connectivity index (χ2v) is 7.64. The van der Waals surface area contributed by atoms with E-state index < -0.39 is 12.0 Å². The number of amides is 2. The molecule has 3 N–H and O–H groups in total. The highest BCUT2D eigenvalue weighted by molar-refractivity contribution is 5.95. The van der Waals surface area contributed by atoms with Crippen LogP contribution in [0.2, 0.25) is 0 Å². The largest absolute Gasteiger partial charge is 0.493 e. The predicted octanol–water partition coefficient (Wildman–Crippen LogP) is 0.800. The number of likely N-dealkylation sites (tertiary alicyclic amines) is 1. The minimum Gasteiger partial charge on any atom is -0.493 e. The molecule has 2 aliphatic heterocycles. The summed E-state index contributed by atoms with van der Waals surface area (Å²) in [7, 11) is 4.46. The summed E-state index contributed by atoms with van der Waals surface area (Å²) < 4.78 is 15.7. The zero-order valence-electron chi connectivity index (χ0n) is 17.5. The average Bonchev–Trinajstić information content (AvgIpc) is 2.74. The van der Waals surface area contributed by atoms with Gasteiger partial charge in [0.1, 0.15) is 6.54 Å². The van der Waals surface area contributed by atoms with Gasteiger partial charge in [-0.25, -0.2) is 9.59 Å². The van der Waals surface area contributed by atoms with Crippen LogP contribution in [0.15, 0.2) is 29.5 Å². The summed E-state index contributed by atoms with van der Waals surface area (Å²) >= 11 is 0. The number of piperidine rings is 1. The number of carbonyl (C=O) groups is 2. The highest BCUT2D eigenvalue weighted by Crippen LogP contribution is 2.34. The SMILES string of the molecule is COC(=O)C1=C(C[NH+]2CCC(C)CC2)NC(=O)N[C@H]1c1ccc(OC)c(OC)c1. The van der Waals surface area contributed by atoms with Crippen LogP contribution in [-0.4, -0.2) is 53.0 Å². The molecule has 2 amide bonds. The fourth-order valence-corrected chi connectivity index (χ4v) is 3.99. The van der Waals surface area contributed by atoms with Crippen LogP contribution in [0.3, 0.4) is 0 Å². The molecule has 1 atom stereocenters. The Bertz CT molecular complexity index is 800. The van der Waals surface area contributed by atoms with Crippen LogP contribution in [-0.2, 0) is 9.53 Å². The Morgan fingerprint density at radius 3 is 2.45 bits per heavy atom. The first-order valence-corrected chi connectivity index (χ1v) is 9.91. The number of hydrogen-bond donors (Lipinski definition) is 3. The third kappa shape index (κ3) is 4.64. The van der Waals surface area contributed by atoms with Crippen LogP contribution in [0.25, 0.3) is 0 Å². The number of esters is 1. The third-order valence-electron chi connectivity index (χ3n) is 5.71. The van der Waals surface area contributed by atoms with Gasteiger partial charge in [-0.1, -0.05) is 13.0 Å². The summed E-state index contributed by atoms with van der Waals surface area (Å²) in [5.74, 6) is 1.36. The van der Waals surface area contributed by atoms with E-state index >= 15 is 0 Å². The van der Waals surface area contributed by atoms with Gasteiger partial charge in [0.2, 0.25) is 0 Å².